The largest absolute Gasteiger partial charge is 0.507 e. The number of benzene rings is 3. The molecule has 206 valence electrons. The van der Waals surface area contributed by atoms with Gasteiger partial charge in [-0.15, -0.1) is 0 Å². The van der Waals surface area contributed by atoms with Gasteiger partial charge in [0.1, 0.15) is 17.3 Å². The van der Waals surface area contributed by atoms with Crippen LogP contribution in [0.25, 0.3) is 16.0 Å². The molecule has 1 atom stereocenters. The van der Waals surface area contributed by atoms with E-state index in [1.807, 2.05) is 43.3 Å². The summed E-state index contributed by atoms with van der Waals surface area (Å²) in [5.41, 5.74) is 2.87. The van der Waals surface area contributed by atoms with E-state index < -0.39 is 17.7 Å². The van der Waals surface area contributed by atoms with E-state index in [4.69, 9.17) is 9.47 Å². The molecule has 1 aliphatic rings. The molecule has 1 aliphatic heterocycles. The SMILES string of the molecule is CCCOc1ccc(/C(O)=C2\C(=O)C(=O)N(c3nc4ccc(OC)cc4s3)C2c2ccc(C(C)(C)C)cc2)cc1. The van der Waals surface area contributed by atoms with Crippen LogP contribution in [0.3, 0.4) is 0 Å². The van der Waals surface area contributed by atoms with Crippen LogP contribution in [0.4, 0.5) is 5.13 Å². The molecule has 7 nitrogen and oxygen atoms in total. The number of aliphatic hydroxyl groups excluding tert-OH is 1. The van der Waals surface area contributed by atoms with Crippen LogP contribution >= 0.6 is 11.3 Å². The first kappa shape index (κ1) is 27.4. The number of thiazole rings is 1. The van der Waals surface area contributed by atoms with Crippen LogP contribution in [0.1, 0.15) is 56.8 Å². The van der Waals surface area contributed by atoms with Gasteiger partial charge >= 0.3 is 5.91 Å². The van der Waals surface area contributed by atoms with Crippen molar-refractivity contribution in [2.24, 2.45) is 0 Å². The molecule has 1 unspecified atom stereocenters. The van der Waals surface area contributed by atoms with Gasteiger partial charge in [-0.3, -0.25) is 14.5 Å². The lowest BCUT2D eigenvalue weighted by Gasteiger charge is -2.24. The molecule has 8 heteroatoms. The van der Waals surface area contributed by atoms with Crippen LogP contribution < -0.4 is 14.4 Å². The molecule has 1 aromatic heterocycles. The molecule has 0 aliphatic carbocycles. The Morgan fingerprint density at radius 3 is 2.30 bits per heavy atom. The Morgan fingerprint density at radius 1 is 1.00 bits per heavy atom. The minimum Gasteiger partial charge on any atom is -0.507 e. The number of fused-ring (bicyclic) bond motifs is 1. The first-order valence-electron chi connectivity index (χ1n) is 13.2. The molecule has 1 fully saturated rings. The quantitative estimate of drug-likeness (QED) is 0.150. The van der Waals surface area contributed by atoms with Crippen LogP contribution in [0, 0.1) is 0 Å². The molecule has 1 saturated heterocycles. The van der Waals surface area contributed by atoms with Crippen molar-refractivity contribution >= 4 is 44.1 Å². The molecule has 5 rings (SSSR count). The maximum Gasteiger partial charge on any atom is 0.301 e. The summed E-state index contributed by atoms with van der Waals surface area (Å²) in [5, 5.41) is 11.8. The summed E-state index contributed by atoms with van der Waals surface area (Å²) in [6.45, 7) is 8.97. The number of rotatable bonds is 7. The summed E-state index contributed by atoms with van der Waals surface area (Å²) < 4.78 is 11.8. The van der Waals surface area contributed by atoms with E-state index in [1.54, 1.807) is 37.4 Å². The monoisotopic (exact) mass is 556 g/mol. The minimum absolute atomic E-state index is 0.0209. The van der Waals surface area contributed by atoms with Gasteiger partial charge in [0, 0.05) is 5.56 Å². The maximum absolute atomic E-state index is 13.6. The Hall–Kier alpha value is -4.17. The minimum atomic E-state index is -0.854. The molecule has 0 radical (unpaired) electrons. The molecule has 3 aromatic carbocycles. The number of amides is 1. The smallest absolute Gasteiger partial charge is 0.301 e. The second-order valence-electron chi connectivity index (χ2n) is 10.7. The van der Waals surface area contributed by atoms with Gasteiger partial charge in [0.2, 0.25) is 0 Å². The lowest BCUT2D eigenvalue weighted by Crippen LogP contribution is -2.29. The van der Waals surface area contributed by atoms with Crippen molar-refractivity contribution in [2.45, 2.75) is 45.6 Å². The molecule has 1 N–H and O–H groups in total. The number of ether oxygens (including phenoxy) is 2. The number of carbonyl (C=O) groups excluding carboxylic acids is 2. The first-order chi connectivity index (χ1) is 19.1. The van der Waals surface area contributed by atoms with Gasteiger partial charge in [0.25, 0.3) is 5.78 Å². The topological polar surface area (TPSA) is 89.0 Å². The van der Waals surface area contributed by atoms with Crippen molar-refractivity contribution < 1.29 is 24.2 Å². The Kier molecular flexibility index (Phi) is 7.38. The zero-order chi connectivity index (χ0) is 28.6. The van der Waals surface area contributed by atoms with Crippen molar-refractivity contribution in [3.8, 4) is 11.5 Å². The van der Waals surface area contributed by atoms with E-state index in [0.717, 1.165) is 16.7 Å². The van der Waals surface area contributed by atoms with E-state index in [0.29, 0.717) is 39.9 Å². The number of nitrogens with zero attached hydrogens (tertiary/aromatic N) is 2. The van der Waals surface area contributed by atoms with Gasteiger partial charge in [-0.05, 0) is 65.4 Å². The number of anilines is 1. The third-order valence-corrected chi connectivity index (χ3v) is 7.95. The number of Topliss-reactive ketones (excluding diaryl/α,β-unsaturated/α-hetero) is 1. The lowest BCUT2D eigenvalue weighted by molar-refractivity contribution is -0.132. The molecular formula is C32H32N2O5S. The van der Waals surface area contributed by atoms with Crippen molar-refractivity contribution in [3.05, 3.63) is 89.0 Å². The van der Waals surface area contributed by atoms with Crippen molar-refractivity contribution in [2.75, 3.05) is 18.6 Å². The predicted molar refractivity (Wildman–Crippen MR) is 158 cm³/mol. The Morgan fingerprint density at radius 2 is 1.68 bits per heavy atom. The lowest BCUT2D eigenvalue weighted by atomic mass is 9.85. The molecule has 40 heavy (non-hydrogen) atoms. The number of ketones is 1. The summed E-state index contributed by atoms with van der Waals surface area (Å²) in [6.07, 6.45) is 0.873. The Labute approximate surface area is 237 Å². The van der Waals surface area contributed by atoms with Gasteiger partial charge in [0.15, 0.2) is 5.13 Å². The second-order valence-corrected chi connectivity index (χ2v) is 11.8. The van der Waals surface area contributed by atoms with Crippen LogP contribution in [0.15, 0.2) is 72.3 Å². The standard InChI is InChI=1S/C32H32N2O5S/c1-6-17-39-22-13-9-20(10-14-22)28(35)26-27(19-7-11-21(12-8-19)32(2,3)4)34(30(37)29(26)36)31-33-24-16-15-23(38-5)18-25(24)40-31/h7-16,18,27,35H,6,17H2,1-5H3/b28-26+. The molecule has 0 saturated carbocycles. The second kappa shape index (κ2) is 10.8. The van der Waals surface area contributed by atoms with Crippen LogP contribution in [0.2, 0.25) is 0 Å². The van der Waals surface area contributed by atoms with Gasteiger partial charge < -0.3 is 14.6 Å². The fourth-order valence-corrected chi connectivity index (χ4v) is 5.74. The summed E-state index contributed by atoms with van der Waals surface area (Å²) in [5.74, 6) is -0.398. The van der Waals surface area contributed by atoms with Crippen molar-refractivity contribution in [3.63, 3.8) is 0 Å². The molecule has 4 aromatic rings. The zero-order valence-corrected chi connectivity index (χ0v) is 24.0. The number of aromatic nitrogens is 1. The molecule has 1 amide bonds. The zero-order valence-electron chi connectivity index (χ0n) is 23.2. The van der Waals surface area contributed by atoms with Crippen LogP contribution in [-0.4, -0.2) is 35.5 Å². The van der Waals surface area contributed by atoms with Crippen molar-refractivity contribution in [1.82, 2.24) is 4.98 Å². The van der Waals surface area contributed by atoms with E-state index in [-0.39, 0.29) is 16.7 Å². The van der Waals surface area contributed by atoms with Gasteiger partial charge in [-0.25, -0.2) is 4.98 Å². The van der Waals surface area contributed by atoms with Gasteiger partial charge in [-0.1, -0.05) is 63.3 Å². The average molecular weight is 557 g/mol. The fourth-order valence-electron chi connectivity index (χ4n) is 4.72. The highest BCUT2D eigenvalue weighted by Gasteiger charge is 2.48. The summed E-state index contributed by atoms with van der Waals surface area (Å²) in [4.78, 5) is 33.2. The summed E-state index contributed by atoms with van der Waals surface area (Å²) in [6, 6.07) is 19.3. The highest BCUT2D eigenvalue weighted by Crippen LogP contribution is 2.45. The number of methoxy groups -OCH3 is 1. The third kappa shape index (κ3) is 5.07. The Balaban J connectivity index is 1.65. The van der Waals surface area contributed by atoms with Crippen LogP contribution in [0.5, 0.6) is 11.5 Å². The first-order valence-corrected chi connectivity index (χ1v) is 14.0. The third-order valence-electron chi connectivity index (χ3n) is 6.93. The maximum atomic E-state index is 13.6. The normalized spacial score (nSPS) is 17.0. The van der Waals surface area contributed by atoms with Crippen molar-refractivity contribution in [1.29, 1.82) is 0 Å². The predicted octanol–water partition coefficient (Wildman–Crippen LogP) is 7.02. The Bertz CT molecular complexity index is 1600. The molecule has 2 heterocycles. The highest BCUT2D eigenvalue weighted by atomic mass is 32.1. The molecule has 0 bridgehead atoms. The highest BCUT2D eigenvalue weighted by molar-refractivity contribution is 7.22. The van der Waals surface area contributed by atoms with Gasteiger partial charge in [-0.2, -0.15) is 0 Å². The number of carbonyl (C=O) groups is 2. The van der Waals surface area contributed by atoms with E-state index >= 15 is 0 Å². The van der Waals surface area contributed by atoms with E-state index in [9.17, 15) is 14.7 Å². The summed E-state index contributed by atoms with van der Waals surface area (Å²) >= 11 is 1.30. The molecular weight excluding hydrogens is 524 g/mol. The number of aliphatic hydroxyl groups is 1. The van der Waals surface area contributed by atoms with Gasteiger partial charge in [0.05, 0.1) is 35.5 Å². The number of hydrogen-bond donors (Lipinski definition) is 1. The molecule has 0 spiro atoms. The van der Waals surface area contributed by atoms with E-state index in [2.05, 4.69) is 25.8 Å². The average Bonchev–Trinajstić information content (AvgIpc) is 3.48. The summed E-state index contributed by atoms with van der Waals surface area (Å²) in [7, 11) is 1.59. The number of hydrogen-bond acceptors (Lipinski definition) is 7. The van der Waals surface area contributed by atoms with Crippen LogP contribution in [-0.2, 0) is 15.0 Å². The van der Waals surface area contributed by atoms with E-state index in [1.165, 1.54) is 16.2 Å². The fraction of sp³-hybridized carbons (Fsp3) is 0.281.